The molecule has 1 heterocycles. The summed E-state index contributed by atoms with van der Waals surface area (Å²) in [4.78, 5) is 27.1. The van der Waals surface area contributed by atoms with Crippen molar-refractivity contribution < 1.29 is 18.4 Å². The number of carbonyl (C=O) groups excluding carboxylic acids is 2. The third kappa shape index (κ3) is 3.35. The SMILES string of the molecule is Cc1csc(NC(=O)C(=O)Nc2ccc(F)cc2F)n1. The van der Waals surface area contributed by atoms with Crippen LogP contribution >= 0.6 is 11.3 Å². The number of amides is 2. The summed E-state index contributed by atoms with van der Waals surface area (Å²) in [5.74, 6) is -3.79. The van der Waals surface area contributed by atoms with Crippen LogP contribution in [0.2, 0.25) is 0 Å². The van der Waals surface area contributed by atoms with Crippen LogP contribution < -0.4 is 10.6 Å². The van der Waals surface area contributed by atoms with E-state index < -0.39 is 23.4 Å². The number of nitrogens with zero attached hydrogens (tertiary/aromatic N) is 1. The molecule has 0 aliphatic carbocycles. The molecule has 0 bridgehead atoms. The van der Waals surface area contributed by atoms with E-state index >= 15 is 0 Å². The van der Waals surface area contributed by atoms with Gasteiger partial charge in [0.15, 0.2) is 5.13 Å². The largest absolute Gasteiger partial charge is 0.315 e. The Hall–Kier alpha value is -2.35. The molecule has 8 heteroatoms. The fraction of sp³-hybridized carbons (Fsp3) is 0.0833. The second-order valence-electron chi connectivity index (χ2n) is 3.83. The molecule has 0 unspecified atom stereocenters. The highest BCUT2D eigenvalue weighted by Gasteiger charge is 2.17. The van der Waals surface area contributed by atoms with Crippen LogP contribution in [0.4, 0.5) is 19.6 Å². The van der Waals surface area contributed by atoms with Gasteiger partial charge in [-0.05, 0) is 19.1 Å². The van der Waals surface area contributed by atoms with E-state index in [0.29, 0.717) is 11.8 Å². The lowest BCUT2D eigenvalue weighted by Crippen LogP contribution is -2.29. The van der Waals surface area contributed by atoms with Crippen LogP contribution in [0.1, 0.15) is 5.69 Å². The van der Waals surface area contributed by atoms with Gasteiger partial charge in [0.2, 0.25) is 0 Å². The van der Waals surface area contributed by atoms with Crippen molar-refractivity contribution in [2.24, 2.45) is 0 Å². The van der Waals surface area contributed by atoms with Gasteiger partial charge in [-0.1, -0.05) is 0 Å². The standard InChI is InChI=1S/C12H9F2N3O2S/c1-6-5-20-12(15-6)17-11(19)10(18)16-9-3-2-7(13)4-8(9)14/h2-5H,1H3,(H,16,18)(H,15,17,19). The Bertz CT molecular complexity index is 672. The average molecular weight is 297 g/mol. The Labute approximate surface area is 116 Å². The van der Waals surface area contributed by atoms with Crippen molar-refractivity contribution in [3.8, 4) is 0 Å². The van der Waals surface area contributed by atoms with Gasteiger partial charge in [-0.2, -0.15) is 0 Å². The Kier molecular flexibility index (Phi) is 4.04. The van der Waals surface area contributed by atoms with Gasteiger partial charge in [0.25, 0.3) is 0 Å². The maximum absolute atomic E-state index is 13.3. The van der Waals surface area contributed by atoms with Gasteiger partial charge in [-0.25, -0.2) is 13.8 Å². The summed E-state index contributed by atoms with van der Waals surface area (Å²) in [5.41, 5.74) is 0.428. The van der Waals surface area contributed by atoms with Crippen LogP contribution in [0.25, 0.3) is 0 Å². The first-order valence-corrected chi connectivity index (χ1v) is 6.33. The molecule has 2 amide bonds. The highest BCUT2D eigenvalue weighted by atomic mass is 32.1. The van der Waals surface area contributed by atoms with Crippen LogP contribution in [0.5, 0.6) is 0 Å². The molecule has 2 rings (SSSR count). The predicted octanol–water partition coefficient (Wildman–Crippen LogP) is 2.31. The molecule has 1 aromatic carbocycles. The van der Waals surface area contributed by atoms with Gasteiger partial charge >= 0.3 is 11.8 Å². The minimum absolute atomic E-state index is 0.266. The zero-order valence-electron chi connectivity index (χ0n) is 10.2. The molecule has 0 radical (unpaired) electrons. The minimum Gasteiger partial charge on any atom is -0.315 e. The molecule has 0 spiro atoms. The molecule has 5 nitrogen and oxygen atoms in total. The van der Waals surface area contributed by atoms with Gasteiger partial charge in [0.1, 0.15) is 11.6 Å². The molecule has 2 aromatic rings. The van der Waals surface area contributed by atoms with E-state index in [-0.39, 0.29) is 10.8 Å². The fourth-order valence-corrected chi connectivity index (χ4v) is 2.02. The molecule has 0 aliphatic rings. The molecule has 0 saturated heterocycles. The number of hydrogen-bond donors (Lipinski definition) is 2. The maximum Gasteiger partial charge on any atom is 0.315 e. The molecule has 0 fully saturated rings. The number of benzene rings is 1. The van der Waals surface area contributed by atoms with E-state index in [1.54, 1.807) is 12.3 Å². The van der Waals surface area contributed by atoms with Crippen LogP contribution in [0.15, 0.2) is 23.6 Å². The summed E-state index contributed by atoms with van der Waals surface area (Å²) in [7, 11) is 0. The maximum atomic E-state index is 13.3. The number of carbonyl (C=O) groups is 2. The molecule has 0 atom stereocenters. The molecule has 20 heavy (non-hydrogen) atoms. The van der Waals surface area contributed by atoms with Crippen molar-refractivity contribution in [3.63, 3.8) is 0 Å². The van der Waals surface area contributed by atoms with Crippen molar-refractivity contribution in [2.45, 2.75) is 6.92 Å². The Balaban J connectivity index is 2.02. The van der Waals surface area contributed by atoms with E-state index in [1.165, 1.54) is 0 Å². The third-order valence-electron chi connectivity index (χ3n) is 2.23. The molecule has 104 valence electrons. The monoisotopic (exact) mass is 297 g/mol. The smallest absolute Gasteiger partial charge is 0.315 e. The van der Waals surface area contributed by atoms with E-state index in [4.69, 9.17) is 0 Å². The summed E-state index contributed by atoms with van der Waals surface area (Å²) >= 11 is 1.16. The molecule has 2 N–H and O–H groups in total. The van der Waals surface area contributed by atoms with E-state index in [2.05, 4.69) is 10.3 Å². The second-order valence-corrected chi connectivity index (χ2v) is 4.68. The van der Waals surface area contributed by atoms with Crippen LogP contribution in [0.3, 0.4) is 0 Å². The first-order valence-electron chi connectivity index (χ1n) is 5.45. The third-order valence-corrected chi connectivity index (χ3v) is 3.10. The molecule has 1 aromatic heterocycles. The van der Waals surface area contributed by atoms with E-state index in [9.17, 15) is 18.4 Å². The quantitative estimate of drug-likeness (QED) is 0.836. The number of anilines is 2. The number of aromatic nitrogens is 1. The van der Waals surface area contributed by atoms with Crippen molar-refractivity contribution in [1.82, 2.24) is 4.98 Å². The molecule has 0 saturated carbocycles. The zero-order valence-corrected chi connectivity index (χ0v) is 11.1. The lowest BCUT2D eigenvalue weighted by Gasteiger charge is -2.05. The number of nitrogens with one attached hydrogen (secondary N) is 2. The van der Waals surface area contributed by atoms with Crippen LogP contribution in [-0.4, -0.2) is 16.8 Å². The predicted molar refractivity (Wildman–Crippen MR) is 70.5 cm³/mol. The highest BCUT2D eigenvalue weighted by Crippen LogP contribution is 2.16. The number of thiazole rings is 1. The van der Waals surface area contributed by atoms with E-state index in [1.807, 2.05) is 5.32 Å². The van der Waals surface area contributed by atoms with Gasteiger partial charge in [-0.3, -0.25) is 14.9 Å². The second kappa shape index (κ2) is 5.74. The Morgan fingerprint density at radius 2 is 1.90 bits per heavy atom. The highest BCUT2D eigenvalue weighted by molar-refractivity contribution is 7.14. The Morgan fingerprint density at radius 3 is 2.50 bits per heavy atom. The first kappa shape index (κ1) is 14.1. The summed E-state index contributed by atoms with van der Waals surface area (Å²) in [5, 5.41) is 6.29. The molecule has 0 aliphatic heterocycles. The van der Waals surface area contributed by atoms with Crippen molar-refractivity contribution in [2.75, 3.05) is 10.6 Å². The number of rotatable bonds is 2. The minimum atomic E-state index is -1.07. The van der Waals surface area contributed by atoms with Gasteiger partial charge < -0.3 is 5.32 Å². The normalized spacial score (nSPS) is 10.2. The fourth-order valence-electron chi connectivity index (χ4n) is 1.34. The lowest BCUT2D eigenvalue weighted by atomic mass is 10.3. The van der Waals surface area contributed by atoms with Crippen LogP contribution in [-0.2, 0) is 9.59 Å². The lowest BCUT2D eigenvalue weighted by molar-refractivity contribution is -0.133. The summed E-state index contributed by atoms with van der Waals surface area (Å²) in [6, 6.07) is 2.61. The summed E-state index contributed by atoms with van der Waals surface area (Å²) < 4.78 is 26.0. The number of aryl methyl sites for hydroxylation is 1. The van der Waals surface area contributed by atoms with Crippen molar-refractivity contribution in [1.29, 1.82) is 0 Å². The van der Waals surface area contributed by atoms with Gasteiger partial charge in [0.05, 0.1) is 11.4 Å². The van der Waals surface area contributed by atoms with E-state index in [0.717, 1.165) is 23.5 Å². The van der Waals surface area contributed by atoms with Gasteiger partial charge in [-0.15, -0.1) is 11.3 Å². The zero-order chi connectivity index (χ0) is 14.7. The van der Waals surface area contributed by atoms with Crippen molar-refractivity contribution >= 4 is 34.0 Å². The Morgan fingerprint density at radius 1 is 1.20 bits per heavy atom. The molecular formula is C12H9F2N3O2S. The van der Waals surface area contributed by atoms with Gasteiger partial charge in [0, 0.05) is 11.4 Å². The van der Waals surface area contributed by atoms with Crippen LogP contribution in [0, 0.1) is 18.6 Å². The summed E-state index contributed by atoms with van der Waals surface area (Å²) in [6.07, 6.45) is 0. The topological polar surface area (TPSA) is 71.1 Å². The number of halogens is 2. The van der Waals surface area contributed by atoms with Crippen molar-refractivity contribution in [3.05, 3.63) is 40.9 Å². The average Bonchev–Trinajstić information content (AvgIpc) is 2.78. The molecular weight excluding hydrogens is 288 g/mol. The summed E-state index contributed by atoms with van der Waals surface area (Å²) in [6.45, 7) is 1.74. The number of hydrogen-bond acceptors (Lipinski definition) is 4. The first-order chi connectivity index (χ1) is 9.45.